The Morgan fingerprint density at radius 2 is 2.30 bits per heavy atom. The van der Waals surface area contributed by atoms with Gasteiger partial charge in [-0.25, -0.2) is 4.98 Å². The second-order valence-electron chi connectivity index (χ2n) is 4.21. The summed E-state index contributed by atoms with van der Waals surface area (Å²) < 4.78 is 0. The molecule has 1 aromatic heterocycles. The number of anilines is 1. The monoisotopic (exact) mass is 308 g/mol. The van der Waals surface area contributed by atoms with Crippen molar-refractivity contribution in [3.8, 4) is 6.07 Å². The Bertz CT molecular complexity index is 457. The minimum absolute atomic E-state index is 0.594. The molecule has 2 N–H and O–H groups in total. The molecule has 0 saturated heterocycles. The number of nitrogens with zero attached hydrogens (tertiary/aromatic N) is 2. The van der Waals surface area contributed by atoms with Crippen molar-refractivity contribution in [3.63, 3.8) is 0 Å². The molecule has 0 atom stereocenters. The van der Waals surface area contributed by atoms with E-state index in [1.165, 1.54) is 0 Å². The smallest absolute Gasteiger partial charge is 0.171 e. The molecule has 0 aliphatic rings. The third-order valence-corrected chi connectivity index (χ3v) is 3.73. The molecule has 0 amide bonds. The van der Waals surface area contributed by atoms with Crippen LogP contribution in [0.25, 0.3) is 0 Å². The predicted octanol–water partition coefficient (Wildman–Crippen LogP) is 3.56. The molecule has 0 bridgehead atoms. The summed E-state index contributed by atoms with van der Waals surface area (Å²) in [5.74, 6) is 1.66. The Morgan fingerprint density at radius 1 is 1.45 bits per heavy atom. The van der Waals surface area contributed by atoms with E-state index in [0.29, 0.717) is 11.5 Å². The van der Waals surface area contributed by atoms with Crippen LogP contribution in [0.2, 0.25) is 0 Å². The van der Waals surface area contributed by atoms with E-state index in [1.54, 1.807) is 11.8 Å². The summed E-state index contributed by atoms with van der Waals surface area (Å²) >= 11 is 6.87. The zero-order valence-electron chi connectivity index (χ0n) is 11.7. The molecule has 6 heteroatoms. The lowest BCUT2D eigenvalue weighted by atomic mass is 10.3. The van der Waals surface area contributed by atoms with Crippen molar-refractivity contribution in [2.75, 3.05) is 17.6 Å². The van der Waals surface area contributed by atoms with Gasteiger partial charge in [-0.1, -0.05) is 19.4 Å². The lowest BCUT2D eigenvalue weighted by Crippen LogP contribution is -2.29. The highest BCUT2D eigenvalue weighted by molar-refractivity contribution is 7.99. The molecule has 1 aromatic rings. The van der Waals surface area contributed by atoms with Gasteiger partial charge >= 0.3 is 0 Å². The van der Waals surface area contributed by atoms with Gasteiger partial charge in [0.25, 0.3) is 0 Å². The summed E-state index contributed by atoms with van der Waals surface area (Å²) in [5, 5.41) is 16.3. The van der Waals surface area contributed by atoms with Gasteiger partial charge in [0.2, 0.25) is 0 Å². The number of pyridine rings is 1. The van der Waals surface area contributed by atoms with Crippen LogP contribution in [-0.2, 0) is 0 Å². The predicted molar refractivity (Wildman–Crippen MR) is 88.9 cm³/mol. The van der Waals surface area contributed by atoms with Crippen molar-refractivity contribution >= 4 is 34.9 Å². The maximum absolute atomic E-state index is 8.49. The van der Waals surface area contributed by atoms with Gasteiger partial charge < -0.3 is 10.6 Å². The van der Waals surface area contributed by atoms with Crippen molar-refractivity contribution in [2.24, 2.45) is 0 Å². The van der Waals surface area contributed by atoms with Crippen LogP contribution in [0.4, 0.5) is 5.82 Å². The number of rotatable bonds is 8. The highest BCUT2D eigenvalue weighted by atomic mass is 32.2. The Balaban J connectivity index is 2.39. The Hall–Kier alpha value is -1.32. The summed E-state index contributed by atoms with van der Waals surface area (Å²) in [5.41, 5.74) is 0. The number of thiocarbonyl (C=S) groups is 1. The summed E-state index contributed by atoms with van der Waals surface area (Å²) in [4.78, 5) is 4.48. The fourth-order valence-electron chi connectivity index (χ4n) is 1.43. The van der Waals surface area contributed by atoms with Crippen molar-refractivity contribution < 1.29 is 0 Å². The first kappa shape index (κ1) is 16.7. The van der Waals surface area contributed by atoms with Gasteiger partial charge in [0.15, 0.2) is 5.11 Å². The van der Waals surface area contributed by atoms with Crippen LogP contribution in [0.3, 0.4) is 0 Å². The molecule has 0 saturated carbocycles. The lowest BCUT2D eigenvalue weighted by Gasteiger charge is -2.10. The van der Waals surface area contributed by atoms with Crippen LogP contribution >= 0.6 is 24.0 Å². The normalized spacial score (nSPS) is 9.80. The van der Waals surface area contributed by atoms with Crippen LogP contribution in [0.1, 0.15) is 32.6 Å². The summed E-state index contributed by atoms with van der Waals surface area (Å²) in [6.45, 7) is 3.03. The van der Waals surface area contributed by atoms with Gasteiger partial charge in [-0.3, -0.25) is 0 Å². The van der Waals surface area contributed by atoms with Crippen LogP contribution in [0.5, 0.6) is 0 Å². The summed E-state index contributed by atoms with van der Waals surface area (Å²) in [7, 11) is 0. The number of unbranched alkanes of at least 4 members (excludes halogenated alkanes) is 2. The molecule has 0 aromatic carbocycles. The van der Waals surface area contributed by atoms with Crippen LogP contribution in [-0.4, -0.2) is 22.4 Å². The first-order chi connectivity index (χ1) is 9.76. The minimum atomic E-state index is 0.594. The van der Waals surface area contributed by atoms with Crippen molar-refractivity contribution in [2.45, 2.75) is 37.6 Å². The van der Waals surface area contributed by atoms with Gasteiger partial charge in [0.1, 0.15) is 5.82 Å². The quantitative estimate of drug-likeness (QED) is 0.435. The molecule has 0 aliphatic carbocycles. The largest absolute Gasteiger partial charge is 0.362 e. The van der Waals surface area contributed by atoms with E-state index >= 15 is 0 Å². The molecule has 0 spiro atoms. The number of aromatic nitrogens is 1. The fourth-order valence-corrected chi connectivity index (χ4v) is 2.47. The first-order valence-electron chi connectivity index (χ1n) is 6.78. The first-order valence-corrected chi connectivity index (χ1v) is 8.17. The second-order valence-corrected chi connectivity index (χ2v) is 5.73. The number of thioether (sulfide) groups is 1. The highest BCUT2D eigenvalue weighted by Crippen LogP contribution is 2.18. The van der Waals surface area contributed by atoms with Gasteiger partial charge in [-0.2, -0.15) is 5.26 Å². The van der Waals surface area contributed by atoms with Gasteiger partial charge in [0, 0.05) is 18.7 Å². The molecule has 0 unspecified atom stereocenters. The average molecular weight is 308 g/mol. The fraction of sp³-hybridized carbons (Fsp3) is 0.500. The average Bonchev–Trinajstić information content (AvgIpc) is 2.44. The minimum Gasteiger partial charge on any atom is -0.362 e. The van der Waals surface area contributed by atoms with Gasteiger partial charge in [-0.05, 0) is 37.2 Å². The molecule has 0 aliphatic heterocycles. The Labute approximate surface area is 130 Å². The highest BCUT2D eigenvalue weighted by Gasteiger charge is 2.01. The SMILES string of the molecule is CCCCNC(=S)Nc1cccc(SCCCC#N)n1. The van der Waals surface area contributed by atoms with E-state index in [9.17, 15) is 0 Å². The molecule has 1 heterocycles. The van der Waals surface area contributed by atoms with Crippen molar-refractivity contribution in [1.29, 1.82) is 5.26 Å². The van der Waals surface area contributed by atoms with Gasteiger partial charge in [-0.15, -0.1) is 11.8 Å². The van der Waals surface area contributed by atoms with E-state index in [2.05, 4.69) is 28.6 Å². The number of hydrogen-bond donors (Lipinski definition) is 2. The summed E-state index contributed by atoms with van der Waals surface area (Å²) in [6.07, 6.45) is 3.72. The maximum Gasteiger partial charge on any atom is 0.171 e. The summed E-state index contributed by atoms with van der Waals surface area (Å²) in [6, 6.07) is 7.96. The molecule has 108 valence electrons. The van der Waals surface area contributed by atoms with Crippen LogP contribution in [0, 0.1) is 11.3 Å². The molecular formula is C14H20N4S2. The topological polar surface area (TPSA) is 60.7 Å². The van der Waals surface area contributed by atoms with Crippen molar-refractivity contribution in [3.05, 3.63) is 18.2 Å². The van der Waals surface area contributed by atoms with E-state index in [1.807, 2.05) is 18.2 Å². The van der Waals surface area contributed by atoms with Gasteiger partial charge in [0.05, 0.1) is 11.1 Å². The van der Waals surface area contributed by atoms with E-state index in [4.69, 9.17) is 17.5 Å². The second kappa shape index (κ2) is 10.5. The third-order valence-electron chi connectivity index (χ3n) is 2.46. The molecule has 0 fully saturated rings. The van der Waals surface area contributed by atoms with E-state index in [-0.39, 0.29) is 0 Å². The third kappa shape index (κ3) is 7.31. The zero-order valence-corrected chi connectivity index (χ0v) is 13.3. The van der Waals surface area contributed by atoms with Crippen LogP contribution in [0.15, 0.2) is 23.2 Å². The molecule has 0 radical (unpaired) electrons. The molecule has 20 heavy (non-hydrogen) atoms. The zero-order chi connectivity index (χ0) is 14.6. The standard InChI is InChI=1S/C14H20N4S2/c1-2-3-10-16-14(19)18-12-7-6-8-13(17-12)20-11-5-4-9-15/h6-8H,2-5,10-11H2,1H3,(H2,16,17,18,19). The van der Waals surface area contributed by atoms with Crippen molar-refractivity contribution in [1.82, 2.24) is 10.3 Å². The number of hydrogen-bond acceptors (Lipinski definition) is 4. The molecule has 4 nitrogen and oxygen atoms in total. The number of nitriles is 1. The Kier molecular flexibility index (Phi) is 8.76. The van der Waals surface area contributed by atoms with Crippen LogP contribution < -0.4 is 10.6 Å². The maximum atomic E-state index is 8.49. The van der Waals surface area contributed by atoms with E-state index in [0.717, 1.165) is 42.4 Å². The molecule has 1 rings (SSSR count). The molecular weight excluding hydrogens is 288 g/mol. The number of nitrogens with one attached hydrogen (secondary N) is 2. The Morgan fingerprint density at radius 3 is 3.05 bits per heavy atom. The lowest BCUT2D eigenvalue weighted by molar-refractivity contribution is 0.758. The van der Waals surface area contributed by atoms with E-state index < -0.39 is 0 Å².